The van der Waals surface area contributed by atoms with E-state index in [2.05, 4.69) is 52.1 Å². The molecule has 4 fully saturated rings. The van der Waals surface area contributed by atoms with Crippen LogP contribution in [0.15, 0.2) is 12.1 Å². The molecule has 0 aromatic carbocycles. The summed E-state index contributed by atoms with van der Waals surface area (Å²) < 4.78 is 0. The SMILES string of the molecule is Cc1ccc(C(C)NC(=O)C[C@@H](C)C2CC[C@H]3C4C(=O)CC5CC(=O)CCC5(C)[C@H]4CCC23C)s1. The molecule has 0 aliphatic heterocycles. The van der Waals surface area contributed by atoms with Crippen LogP contribution in [-0.4, -0.2) is 17.5 Å². The monoisotopic (exact) mass is 497 g/mol. The van der Waals surface area contributed by atoms with Crippen molar-refractivity contribution in [2.45, 2.75) is 98.4 Å². The third-order valence-electron chi connectivity index (χ3n) is 11.1. The van der Waals surface area contributed by atoms with Crippen LogP contribution in [-0.2, 0) is 14.4 Å². The van der Waals surface area contributed by atoms with Crippen molar-refractivity contribution in [1.29, 1.82) is 0 Å². The van der Waals surface area contributed by atoms with Crippen LogP contribution in [0, 0.1) is 53.3 Å². The summed E-state index contributed by atoms with van der Waals surface area (Å²) in [6.45, 7) is 11.3. The maximum absolute atomic E-state index is 13.6. The second kappa shape index (κ2) is 9.11. The molecule has 1 aromatic rings. The van der Waals surface area contributed by atoms with E-state index in [9.17, 15) is 14.4 Å². The van der Waals surface area contributed by atoms with Crippen molar-refractivity contribution >= 4 is 28.8 Å². The Morgan fingerprint density at radius 1 is 1.06 bits per heavy atom. The lowest BCUT2D eigenvalue weighted by Gasteiger charge is -2.59. The van der Waals surface area contributed by atoms with E-state index in [1.54, 1.807) is 11.3 Å². The molecule has 1 N–H and O–H groups in total. The van der Waals surface area contributed by atoms with Crippen molar-refractivity contribution in [3.05, 3.63) is 21.9 Å². The van der Waals surface area contributed by atoms with E-state index in [-0.39, 0.29) is 34.6 Å². The molecule has 35 heavy (non-hydrogen) atoms. The van der Waals surface area contributed by atoms with Crippen molar-refractivity contribution in [1.82, 2.24) is 5.32 Å². The molecule has 0 bridgehead atoms. The van der Waals surface area contributed by atoms with Crippen molar-refractivity contribution in [3.63, 3.8) is 0 Å². The van der Waals surface area contributed by atoms with Crippen molar-refractivity contribution in [3.8, 4) is 0 Å². The first-order chi connectivity index (χ1) is 16.5. The fourth-order valence-electron chi connectivity index (χ4n) is 9.19. The molecule has 6 unspecified atom stereocenters. The zero-order chi connectivity index (χ0) is 25.1. The number of nitrogens with one attached hydrogen (secondary N) is 1. The van der Waals surface area contributed by atoms with Gasteiger partial charge in [0.05, 0.1) is 6.04 Å². The number of hydrogen-bond donors (Lipinski definition) is 1. The van der Waals surface area contributed by atoms with E-state index < -0.39 is 0 Å². The quantitative estimate of drug-likeness (QED) is 0.494. The van der Waals surface area contributed by atoms with Crippen LogP contribution in [0.2, 0.25) is 0 Å². The molecule has 1 heterocycles. The van der Waals surface area contributed by atoms with Crippen LogP contribution < -0.4 is 5.32 Å². The first kappa shape index (κ1) is 25.2. The smallest absolute Gasteiger partial charge is 0.220 e. The number of rotatable bonds is 5. The fraction of sp³-hybridized carbons (Fsp3) is 0.767. The highest BCUT2D eigenvalue weighted by atomic mass is 32.1. The van der Waals surface area contributed by atoms with E-state index >= 15 is 0 Å². The minimum atomic E-state index is 0.0478. The summed E-state index contributed by atoms with van der Waals surface area (Å²) >= 11 is 1.75. The molecule has 0 radical (unpaired) electrons. The van der Waals surface area contributed by atoms with E-state index in [1.807, 2.05) is 0 Å². The molecule has 1 aromatic heterocycles. The van der Waals surface area contributed by atoms with Gasteiger partial charge in [0.15, 0.2) is 0 Å². The molecule has 0 saturated heterocycles. The van der Waals surface area contributed by atoms with Gasteiger partial charge in [0.25, 0.3) is 0 Å². The van der Waals surface area contributed by atoms with Crippen LogP contribution in [0.25, 0.3) is 0 Å². The Morgan fingerprint density at radius 3 is 2.51 bits per heavy atom. The van der Waals surface area contributed by atoms with Gasteiger partial charge >= 0.3 is 0 Å². The zero-order valence-electron chi connectivity index (χ0n) is 22.2. The highest BCUT2D eigenvalue weighted by Crippen LogP contribution is 2.67. The van der Waals surface area contributed by atoms with E-state index in [4.69, 9.17) is 0 Å². The molecular formula is C30H43NO3S. The standard InChI is InChI=1S/C30H43NO3S/c1-17(14-27(34)31-19(3)26-9-6-18(2)35-26)22-7-8-23-28-24(11-13-30(22,23)5)29(4)12-10-21(32)15-20(29)16-25(28)33/h6,9,17,19-20,22-24,28H,7-8,10-16H2,1-5H3,(H,31,34)/t17-,19?,20?,22?,23+,24+,28?,29?,30?/m1/s1. The molecule has 1 amide bonds. The van der Waals surface area contributed by atoms with Crippen LogP contribution in [0.5, 0.6) is 0 Å². The summed E-state index contributed by atoms with van der Waals surface area (Å²) in [6, 6.07) is 4.28. The predicted octanol–water partition coefficient (Wildman–Crippen LogP) is 6.67. The summed E-state index contributed by atoms with van der Waals surface area (Å²) in [5, 5.41) is 3.23. The highest BCUT2D eigenvalue weighted by molar-refractivity contribution is 7.12. The maximum atomic E-state index is 13.6. The molecule has 5 rings (SSSR count). The third kappa shape index (κ3) is 4.24. The second-order valence-corrected chi connectivity index (χ2v) is 14.3. The number of fused-ring (bicyclic) bond motifs is 5. The fourth-order valence-corrected chi connectivity index (χ4v) is 10.1. The van der Waals surface area contributed by atoms with Gasteiger partial charge in [0.1, 0.15) is 11.6 Å². The van der Waals surface area contributed by atoms with Gasteiger partial charge in [-0.05, 0) is 98.5 Å². The third-order valence-corrected chi connectivity index (χ3v) is 12.3. The van der Waals surface area contributed by atoms with E-state index in [0.717, 1.165) is 32.1 Å². The number of amides is 1. The second-order valence-electron chi connectivity index (χ2n) is 13.0. The molecule has 4 saturated carbocycles. The van der Waals surface area contributed by atoms with Crippen molar-refractivity contribution in [2.24, 2.45) is 46.3 Å². The van der Waals surface area contributed by atoms with Gasteiger partial charge < -0.3 is 5.32 Å². The number of thiophene rings is 1. The van der Waals surface area contributed by atoms with Gasteiger partial charge in [0, 0.05) is 41.4 Å². The molecular weight excluding hydrogens is 454 g/mol. The van der Waals surface area contributed by atoms with Crippen LogP contribution in [0.1, 0.15) is 101 Å². The van der Waals surface area contributed by atoms with E-state index in [1.165, 1.54) is 9.75 Å². The Bertz CT molecular complexity index is 1010. The number of carbonyl (C=O) groups is 3. The van der Waals surface area contributed by atoms with Crippen molar-refractivity contribution < 1.29 is 14.4 Å². The Labute approximate surface area is 215 Å². The molecule has 192 valence electrons. The topological polar surface area (TPSA) is 63.2 Å². The number of ketones is 2. The Morgan fingerprint density at radius 2 is 1.80 bits per heavy atom. The summed E-state index contributed by atoms with van der Waals surface area (Å²) in [5.41, 5.74) is 0.286. The lowest BCUT2D eigenvalue weighted by molar-refractivity contribution is -0.159. The number of aryl methyl sites for hydroxylation is 1. The van der Waals surface area contributed by atoms with Gasteiger partial charge in [-0.1, -0.05) is 20.8 Å². The molecule has 4 aliphatic carbocycles. The lowest BCUT2D eigenvalue weighted by Crippen LogP contribution is -2.57. The van der Waals surface area contributed by atoms with Crippen LogP contribution in [0.3, 0.4) is 0 Å². The Kier molecular flexibility index (Phi) is 6.56. The lowest BCUT2D eigenvalue weighted by atomic mass is 9.44. The van der Waals surface area contributed by atoms with Crippen molar-refractivity contribution in [2.75, 3.05) is 0 Å². The van der Waals surface area contributed by atoms with Gasteiger partial charge in [-0.15, -0.1) is 11.3 Å². The maximum Gasteiger partial charge on any atom is 0.220 e. The zero-order valence-corrected chi connectivity index (χ0v) is 23.0. The normalized spacial score (nSPS) is 40.4. The average Bonchev–Trinajstić information content (AvgIpc) is 3.38. The Balaban J connectivity index is 1.27. The number of Topliss-reactive ketones (excluding diaryl/α,β-unsaturated/α-hetero) is 2. The van der Waals surface area contributed by atoms with Crippen LogP contribution in [0.4, 0.5) is 0 Å². The molecule has 5 heteroatoms. The average molecular weight is 498 g/mol. The van der Waals surface area contributed by atoms with Gasteiger partial charge in [-0.25, -0.2) is 0 Å². The molecule has 4 nitrogen and oxygen atoms in total. The highest BCUT2D eigenvalue weighted by Gasteiger charge is 2.63. The number of carbonyl (C=O) groups excluding carboxylic acids is 3. The summed E-state index contributed by atoms with van der Waals surface area (Å²) in [7, 11) is 0. The van der Waals surface area contributed by atoms with Gasteiger partial charge in [0.2, 0.25) is 5.91 Å². The summed E-state index contributed by atoms with van der Waals surface area (Å²) in [5.74, 6) is 3.04. The van der Waals surface area contributed by atoms with E-state index in [0.29, 0.717) is 60.9 Å². The molecule has 9 atom stereocenters. The van der Waals surface area contributed by atoms with Crippen LogP contribution >= 0.6 is 11.3 Å². The first-order valence-corrected chi connectivity index (χ1v) is 14.7. The molecule has 4 aliphatic rings. The summed E-state index contributed by atoms with van der Waals surface area (Å²) in [6.07, 6.45) is 7.96. The predicted molar refractivity (Wildman–Crippen MR) is 140 cm³/mol. The Hall–Kier alpha value is -1.49. The minimum Gasteiger partial charge on any atom is -0.349 e. The molecule has 0 spiro atoms. The van der Waals surface area contributed by atoms with Gasteiger partial charge in [-0.3, -0.25) is 14.4 Å². The number of hydrogen-bond acceptors (Lipinski definition) is 4. The largest absolute Gasteiger partial charge is 0.349 e. The summed E-state index contributed by atoms with van der Waals surface area (Å²) in [4.78, 5) is 41.2. The minimum absolute atomic E-state index is 0.0478. The first-order valence-electron chi connectivity index (χ1n) is 13.9. The van der Waals surface area contributed by atoms with Gasteiger partial charge in [-0.2, -0.15) is 0 Å².